The molecular formula is C12H7NO2S. The summed E-state index contributed by atoms with van der Waals surface area (Å²) in [7, 11) is 0. The summed E-state index contributed by atoms with van der Waals surface area (Å²) in [5, 5.41) is 2.43. The highest BCUT2D eigenvalue weighted by atomic mass is 32.1. The fourth-order valence-electron chi connectivity index (χ4n) is 1.60. The third kappa shape index (κ3) is 1.35. The van der Waals surface area contributed by atoms with Gasteiger partial charge in [0.25, 0.3) is 0 Å². The van der Waals surface area contributed by atoms with E-state index in [0.29, 0.717) is 22.2 Å². The molecule has 0 saturated heterocycles. The summed E-state index contributed by atoms with van der Waals surface area (Å²) in [6, 6.07) is 7.20. The molecular weight excluding hydrogens is 222 g/mol. The minimum atomic E-state index is -0.0345. The first kappa shape index (κ1) is 9.30. The molecule has 4 heteroatoms. The molecule has 0 aliphatic heterocycles. The van der Waals surface area contributed by atoms with Gasteiger partial charge in [-0.3, -0.25) is 4.79 Å². The Morgan fingerprint density at radius 3 is 2.94 bits per heavy atom. The van der Waals surface area contributed by atoms with E-state index in [1.165, 1.54) is 17.6 Å². The second kappa shape index (κ2) is 3.57. The normalized spacial score (nSPS) is 10.8. The van der Waals surface area contributed by atoms with E-state index < -0.39 is 0 Å². The van der Waals surface area contributed by atoms with Crippen LogP contribution in [0.1, 0.15) is 0 Å². The molecule has 2 heterocycles. The molecule has 0 unspecified atom stereocenters. The lowest BCUT2D eigenvalue weighted by Gasteiger charge is -1.98. The maximum atomic E-state index is 12.1. The number of hydrogen-bond acceptors (Lipinski definition) is 4. The van der Waals surface area contributed by atoms with E-state index in [4.69, 9.17) is 4.42 Å². The summed E-state index contributed by atoms with van der Waals surface area (Å²) in [6.45, 7) is 0. The largest absolute Gasteiger partial charge is 0.463 e. The molecule has 3 aromatic rings. The lowest BCUT2D eigenvalue weighted by molar-refractivity contribution is 0.604. The van der Waals surface area contributed by atoms with E-state index in [0.717, 1.165) is 0 Å². The maximum Gasteiger partial charge on any atom is 0.202 e. The first-order valence-corrected chi connectivity index (χ1v) is 5.69. The van der Waals surface area contributed by atoms with Crippen molar-refractivity contribution in [1.29, 1.82) is 0 Å². The molecule has 0 aliphatic rings. The van der Waals surface area contributed by atoms with E-state index in [1.807, 2.05) is 17.5 Å². The van der Waals surface area contributed by atoms with Crippen LogP contribution in [-0.2, 0) is 0 Å². The number of nitrogens with zero attached hydrogens (tertiary/aromatic N) is 1. The van der Waals surface area contributed by atoms with Gasteiger partial charge in [0.1, 0.15) is 11.8 Å². The number of hydrogen-bond donors (Lipinski definition) is 0. The Morgan fingerprint density at radius 2 is 2.12 bits per heavy atom. The van der Waals surface area contributed by atoms with Crippen LogP contribution in [0.2, 0.25) is 0 Å². The van der Waals surface area contributed by atoms with Crippen molar-refractivity contribution in [3.63, 3.8) is 0 Å². The highest BCUT2D eigenvalue weighted by molar-refractivity contribution is 7.07. The van der Waals surface area contributed by atoms with Crippen molar-refractivity contribution in [2.45, 2.75) is 0 Å². The molecule has 3 rings (SSSR count). The maximum absolute atomic E-state index is 12.1. The average Bonchev–Trinajstić information content (AvgIpc) is 2.83. The first-order chi connectivity index (χ1) is 7.86. The molecule has 0 atom stereocenters. The van der Waals surface area contributed by atoms with Gasteiger partial charge in [-0.1, -0.05) is 12.1 Å². The summed E-state index contributed by atoms with van der Waals surface area (Å²) in [4.78, 5) is 16.2. The Kier molecular flexibility index (Phi) is 2.08. The van der Waals surface area contributed by atoms with Crippen LogP contribution in [0.25, 0.3) is 22.2 Å². The average molecular weight is 229 g/mol. The third-order valence-corrected chi connectivity index (χ3v) is 2.97. The number of thiazole rings is 1. The highest BCUT2D eigenvalue weighted by Crippen LogP contribution is 2.18. The van der Waals surface area contributed by atoms with Crippen LogP contribution < -0.4 is 5.43 Å². The number of para-hydroxylation sites is 1. The SMILES string of the molecule is O=c1c(-c2cscn2)coc2ccccc12. The van der Waals surface area contributed by atoms with Crippen LogP contribution in [0.15, 0.2) is 50.6 Å². The van der Waals surface area contributed by atoms with Crippen molar-refractivity contribution in [3.05, 3.63) is 51.6 Å². The molecule has 3 nitrogen and oxygen atoms in total. The molecule has 0 saturated carbocycles. The molecule has 78 valence electrons. The smallest absolute Gasteiger partial charge is 0.202 e. The van der Waals surface area contributed by atoms with Gasteiger partial charge < -0.3 is 4.42 Å². The van der Waals surface area contributed by atoms with E-state index in [1.54, 1.807) is 17.6 Å². The van der Waals surface area contributed by atoms with Gasteiger partial charge >= 0.3 is 0 Å². The molecule has 0 radical (unpaired) electrons. The van der Waals surface area contributed by atoms with Crippen LogP contribution in [0.4, 0.5) is 0 Å². The number of aromatic nitrogens is 1. The predicted octanol–water partition coefficient (Wildman–Crippen LogP) is 2.92. The second-order valence-electron chi connectivity index (χ2n) is 3.35. The molecule has 0 amide bonds. The summed E-state index contributed by atoms with van der Waals surface area (Å²) in [5.41, 5.74) is 3.45. The quantitative estimate of drug-likeness (QED) is 0.644. The fraction of sp³-hybridized carbons (Fsp3) is 0. The van der Waals surface area contributed by atoms with Crippen molar-refractivity contribution in [1.82, 2.24) is 4.98 Å². The number of benzene rings is 1. The van der Waals surface area contributed by atoms with Crippen molar-refractivity contribution in [2.75, 3.05) is 0 Å². The van der Waals surface area contributed by atoms with Gasteiger partial charge in [-0.25, -0.2) is 4.98 Å². The van der Waals surface area contributed by atoms with Crippen molar-refractivity contribution in [3.8, 4) is 11.3 Å². The highest BCUT2D eigenvalue weighted by Gasteiger charge is 2.09. The topological polar surface area (TPSA) is 43.1 Å². The van der Waals surface area contributed by atoms with Crippen LogP contribution in [0, 0.1) is 0 Å². The Hall–Kier alpha value is -1.94. The van der Waals surface area contributed by atoms with Gasteiger partial charge in [-0.2, -0.15) is 0 Å². The van der Waals surface area contributed by atoms with Gasteiger partial charge in [0.05, 0.1) is 22.2 Å². The van der Waals surface area contributed by atoms with E-state index in [9.17, 15) is 4.79 Å². The molecule has 1 aromatic carbocycles. The molecule has 0 spiro atoms. The molecule has 0 bridgehead atoms. The lowest BCUT2D eigenvalue weighted by Crippen LogP contribution is -2.04. The van der Waals surface area contributed by atoms with Crippen LogP contribution in [0.3, 0.4) is 0 Å². The van der Waals surface area contributed by atoms with Gasteiger partial charge in [-0.15, -0.1) is 11.3 Å². The predicted molar refractivity (Wildman–Crippen MR) is 63.6 cm³/mol. The second-order valence-corrected chi connectivity index (χ2v) is 4.07. The molecule has 0 aliphatic carbocycles. The van der Waals surface area contributed by atoms with Crippen LogP contribution >= 0.6 is 11.3 Å². The monoisotopic (exact) mass is 229 g/mol. The van der Waals surface area contributed by atoms with E-state index >= 15 is 0 Å². The zero-order valence-electron chi connectivity index (χ0n) is 8.21. The Labute approximate surface area is 95.0 Å². The summed E-state index contributed by atoms with van der Waals surface area (Å²) in [6.07, 6.45) is 1.47. The van der Waals surface area contributed by atoms with Gasteiger partial charge in [0.15, 0.2) is 0 Å². The minimum absolute atomic E-state index is 0.0345. The minimum Gasteiger partial charge on any atom is -0.463 e. The molecule has 0 N–H and O–H groups in total. The number of rotatable bonds is 1. The molecule has 2 aromatic heterocycles. The van der Waals surface area contributed by atoms with E-state index in [2.05, 4.69) is 4.98 Å². The van der Waals surface area contributed by atoms with E-state index in [-0.39, 0.29) is 5.43 Å². The van der Waals surface area contributed by atoms with Crippen LogP contribution in [0.5, 0.6) is 0 Å². The molecule has 16 heavy (non-hydrogen) atoms. The summed E-state index contributed by atoms with van der Waals surface area (Å²) >= 11 is 1.46. The standard InChI is InChI=1S/C12H7NO2S/c14-12-8-3-1-2-4-11(8)15-5-9(12)10-6-16-7-13-10/h1-7H. The fourth-order valence-corrected chi connectivity index (χ4v) is 2.15. The third-order valence-electron chi connectivity index (χ3n) is 2.39. The van der Waals surface area contributed by atoms with Gasteiger partial charge in [-0.05, 0) is 12.1 Å². The van der Waals surface area contributed by atoms with Crippen LogP contribution in [-0.4, -0.2) is 4.98 Å². The molecule has 0 fully saturated rings. The lowest BCUT2D eigenvalue weighted by atomic mass is 10.1. The Balaban J connectivity index is 2.37. The Morgan fingerprint density at radius 1 is 1.25 bits per heavy atom. The van der Waals surface area contributed by atoms with Crippen molar-refractivity contribution < 1.29 is 4.42 Å². The summed E-state index contributed by atoms with van der Waals surface area (Å²) < 4.78 is 5.41. The van der Waals surface area contributed by atoms with Crippen molar-refractivity contribution >= 4 is 22.3 Å². The van der Waals surface area contributed by atoms with Gasteiger partial charge in [0.2, 0.25) is 5.43 Å². The number of fused-ring (bicyclic) bond motifs is 1. The zero-order valence-corrected chi connectivity index (χ0v) is 9.03. The summed E-state index contributed by atoms with van der Waals surface area (Å²) in [5.74, 6) is 0. The Bertz CT molecular complexity index is 686. The van der Waals surface area contributed by atoms with Gasteiger partial charge in [0, 0.05) is 5.38 Å². The first-order valence-electron chi connectivity index (χ1n) is 4.75. The zero-order chi connectivity index (χ0) is 11.0. The van der Waals surface area contributed by atoms with Crippen molar-refractivity contribution in [2.24, 2.45) is 0 Å².